The Hall–Kier alpha value is -1.30. The van der Waals surface area contributed by atoms with Crippen molar-refractivity contribution in [2.75, 3.05) is 17.2 Å². The van der Waals surface area contributed by atoms with Crippen LogP contribution in [-0.2, 0) is 0 Å². The van der Waals surface area contributed by atoms with Crippen molar-refractivity contribution in [3.8, 4) is 0 Å². The van der Waals surface area contributed by atoms with Crippen LogP contribution >= 0.6 is 11.8 Å². The van der Waals surface area contributed by atoms with Crippen LogP contribution < -0.4 is 5.73 Å². The molecule has 0 aliphatic carbocycles. The summed E-state index contributed by atoms with van der Waals surface area (Å²) in [5.41, 5.74) is 6.39. The number of nitrogens with zero attached hydrogens (tertiary/aromatic N) is 2. The minimum Gasteiger partial charge on any atom is -0.369 e. The number of hydrogen-bond donors (Lipinski definition) is 1. The smallest absolute Gasteiger partial charge is 0.201 e. The molecule has 2 aromatic rings. The van der Waals surface area contributed by atoms with Crippen LogP contribution in [-0.4, -0.2) is 21.1 Å². The van der Waals surface area contributed by atoms with Gasteiger partial charge in [0, 0.05) is 6.04 Å². The highest BCUT2D eigenvalue weighted by Crippen LogP contribution is 2.28. The molecule has 0 aliphatic heterocycles. The fourth-order valence-corrected chi connectivity index (χ4v) is 2.91. The van der Waals surface area contributed by atoms with Crippen LogP contribution in [0.15, 0.2) is 12.1 Å². The van der Waals surface area contributed by atoms with Gasteiger partial charge < -0.3 is 10.3 Å². The summed E-state index contributed by atoms with van der Waals surface area (Å²) in [7, 11) is 0. The van der Waals surface area contributed by atoms with Crippen LogP contribution in [0.25, 0.3) is 11.0 Å². The van der Waals surface area contributed by atoms with E-state index >= 15 is 0 Å². The molecule has 0 saturated heterocycles. The second-order valence-corrected chi connectivity index (χ2v) is 5.80. The summed E-state index contributed by atoms with van der Waals surface area (Å²) in [6, 6.07) is 2.51. The highest BCUT2D eigenvalue weighted by molar-refractivity contribution is 7.99. The Morgan fingerprint density at radius 3 is 2.84 bits per heavy atom. The highest BCUT2D eigenvalue weighted by atomic mass is 32.2. The molecule has 1 unspecified atom stereocenters. The summed E-state index contributed by atoms with van der Waals surface area (Å²) in [6.45, 7) is 4.03. The van der Waals surface area contributed by atoms with E-state index in [0.29, 0.717) is 5.52 Å². The first kappa shape index (κ1) is 14.1. The Balaban J connectivity index is 2.41. The van der Waals surface area contributed by atoms with Crippen molar-refractivity contribution in [3.63, 3.8) is 0 Å². The first-order valence-electron chi connectivity index (χ1n) is 6.25. The molecule has 1 aromatic heterocycles. The van der Waals surface area contributed by atoms with E-state index in [2.05, 4.69) is 11.9 Å². The molecule has 0 fully saturated rings. The van der Waals surface area contributed by atoms with Crippen LogP contribution in [0, 0.1) is 11.6 Å². The average molecular weight is 285 g/mol. The molecule has 0 bridgehead atoms. The van der Waals surface area contributed by atoms with Gasteiger partial charge in [-0.2, -0.15) is 11.8 Å². The maximum Gasteiger partial charge on any atom is 0.201 e. The van der Waals surface area contributed by atoms with Crippen molar-refractivity contribution >= 4 is 28.7 Å². The number of halogens is 2. The van der Waals surface area contributed by atoms with Gasteiger partial charge in [0.25, 0.3) is 0 Å². The van der Waals surface area contributed by atoms with Crippen molar-refractivity contribution in [3.05, 3.63) is 23.8 Å². The van der Waals surface area contributed by atoms with Gasteiger partial charge in [0.05, 0.1) is 5.52 Å². The number of hydrogen-bond acceptors (Lipinski definition) is 3. The standard InChI is InChI=1S/C13H17F2N3S/c1-3-19-7-6-8(2)18-12-10(17-13(18)16)5-4-9(14)11(12)15/h4-5,8H,3,6-7H2,1-2H3,(H2,16,17). The third kappa shape index (κ3) is 2.68. The number of nitrogen functional groups attached to an aromatic ring is 1. The lowest BCUT2D eigenvalue weighted by molar-refractivity contribution is 0.499. The average Bonchev–Trinajstić information content (AvgIpc) is 2.71. The predicted molar refractivity (Wildman–Crippen MR) is 76.4 cm³/mol. The molecule has 0 radical (unpaired) electrons. The molecule has 0 amide bonds. The van der Waals surface area contributed by atoms with Gasteiger partial charge >= 0.3 is 0 Å². The number of anilines is 1. The molecule has 2 N–H and O–H groups in total. The monoisotopic (exact) mass is 285 g/mol. The fraction of sp³-hybridized carbons (Fsp3) is 0.462. The fourth-order valence-electron chi connectivity index (χ4n) is 2.11. The lowest BCUT2D eigenvalue weighted by atomic mass is 10.2. The first-order valence-corrected chi connectivity index (χ1v) is 7.40. The SMILES string of the molecule is CCSCCC(C)n1c(N)nc2ccc(F)c(F)c21. The summed E-state index contributed by atoms with van der Waals surface area (Å²) < 4.78 is 28.9. The van der Waals surface area contributed by atoms with Gasteiger partial charge in [-0.1, -0.05) is 6.92 Å². The lowest BCUT2D eigenvalue weighted by Crippen LogP contribution is -2.11. The molecular formula is C13H17F2N3S. The van der Waals surface area contributed by atoms with Crippen molar-refractivity contribution in [2.24, 2.45) is 0 Å². The maximum absolute atomic E-state index is 13.9. The van der Waals surface area contributed by atoms with Crippen LogP contribution in [0.2, 0.25) is 0 Å². The summed E-state index contributed by atoms with van der Waals surface area (Å²) in [5.74, 6) is 0.470. The molecule has 6 heteroatoms. The maximum atomic E-state index is 13.9. The number of thioether (sulfide) groups is 1. The molecule has 2 rings (SSSR count). The van der Waals surface area contributed by atoms with Crippen LogP contribution in [0.4, 0.5) is 14.7 Å². The van der Waals surface area contributed by atoms with Crippen LogP contribution in [0.1, 0.15) is 26.3 Å². The van der Waals surface area contributed by atoms with Crippen molar-refractivity contribution in [1.82, 2.24) is 9.55 Å². The van der Waals surface area contributed by atoms with E-state index in [1.807, 2.05) is 18.7 Å². The quantitative estimate of drug-likeness (QED) is 0.854. The van der Waals surface area contributed by atoms with E-state index in [4.69, 9.17) is 5.73 Å². The van der Waals surface area contributed by atoms with Gasteiger partial charge in [-0.05, 0) is 37.0 Å². The molecule has 0 saturated carbocycles. The van der Waals surface area contributed by atoms with Gasteiger partial charge in [0.15, 0.2) is 11.6 Å². The molecule has 0 aliphatic rings. The van der Waals surface area contributed by atoms with Crippen molar-refractivity contribution in [1.29, 1.82) is 0 Å². The van der Waals surface area contributed by atoms with Gasteiger partial charge in [0.1, 0.15) is 5.52 Å². The van der Waals surface area contributed by atoms with E-state index in [1.165, 1.54) is 6.07 Å². The molecule has 3 nitrogen and oxygen atoms in total. The first-order chi connectivity index (χ1) is 9.06. The normalized spacial score (nSPS) is 13.1. The van der Waals surface area contributed by atoms with Crippen molar-refractivity contribution in [2.45, 2.75) is 26.3 Å². The lowest BCUT2D eigenvalue weighted by Gasteiger charge is -2.16. The zero-order valence-electron chi connectivity index (χ0n) is 11.0. The van der Waals surface area contributed by atoms with Crippen LogP contribution in [0.3, 0.4) is 0 Å². The van der Waals surface area contributed by atoms with Gasteiger partial charge in [-0.15, -0.1) is 0 Å². The Morgan fingerprint density at radius 1 is 1.42 bits per heavy atom. The third-order valence-corrected chi connectivity index (χ3v) is 4.03. The summed E-state index contributed by atoms with van der Waals surface area (Å²) in [5, 5.41) is 0. The number of benzene rings is 1. The zero-order valence-corrected chi connectivity index (χ0v) is 11.8. The summed E-state index contributed by atoms with van der Waals surface area (Å²) in [4.78, 5) is 4.09. The molecule has 0 spiro atoms. The van der Waals surface area contributed by atoms with E-state index < -0.39 is 11.6 Å². The summed E-state index contributed by atoms with van der Waals surface area (Å²) >= 11 is 1.81. The Labute approximate surface area is 115 Å². The topological polar surface area (TPSA) is 43.8 Å². The second kappa shape index (κ2) is 5.77. The zero-order chi connectivity index (χ0) is 14.0. The number of aromatic nitrogens is 2. The van der Waals surface area contributed by atoms with Crippen molar-refractivity contribution < 1.29 is 8.78 Å². The molecule has 1 aromatic carbocycles. The van der Waals surface area contributed by atoms with E-state index in [-0.39, 0.29) is 17.5 Å². The molecular weight excluding hydrogens is 268 g/mol. The Bertz CT molecular complexity index is 583. The number of nitrogens with two attached hydrogens (primary N) is 1. The van der Waals surface area contributed by atoms with E-state index in [9.17, 15) is 8.78 Å². The minimum atomic E-state index is -0.878. The summed E-state index contributed by atoms with van der Waals surface area (Å²) in [6.07, 6.45) is 0.837. The third-order valence-electron chi connectivity index (χ3n) is 3.10. The predicted octanol–water partition coefficient (Wildman–Crippen LogP) is 3.60. The minimum absolute atomic E-state index is 0.0136. The Kier molecular flexibility index (Phi) is 4.29. The number of imidazole rings is 1. The number of fused-ring (bicyclic) bond motifs is 1. The van der Waals surface area contributed by atoms with E-state index in [0.717, 1.165) is 24.0 Å². The highest BCUT2D eigenvalue weighted by Gasteiger charge is 2.19. The van der Waals surface area contributed by atoms with E-state index in [1.54, 1.807) is 4.57 Å². The largest absolute Gasteiger partial charge is 0.369 e. The Morgan fingerprint density at radius 2 is 2.16 bits per heavy atom. The second-order valence-electron chi connectivity index (χ2n) is 4.40. The molecule has 1 atom stereocenters. The van der Waals surface area contributed by atoms with Crippen LogP contribution in [0.5, 0.6) is 0 Å². The van der Waals surface area contributed by atoms with Gasteiger partial charge in [-0.25, -0.2) is 13.8 Å². The molecule has 104 valence electrons. The van der Waals surface area contributed by atoms with Gasteiger partial charge in [-0.3, -0.25) is 0 Å². The van der Waals surface area contributed by atoms with Gasteiger partial charge in [0.2, 0.25) is 5.95 Å². The number of rotatable bonds is 5. The molecule has 19 heavy (non-hydrogen) atoms. The molecule has 1 heterocycles.